The first-order valence-corrected chi connectivity index (χ1v) is 9.24. The fourth-order valence-electron chi connectivity index (χ4n) is 2.64. The number of ketones is 1. The van der Waals surface area contributed by atoms with Gasteiger partial charge in [0.25, 0.3) is 0 Å². The zero-order chi connectivity index (χ0) is 21.3. The molecule has 0 aliphatic carbocycles. The Bertz CT molecular complexity index is 1010. The molecule has 0 aliphatic rings. The van der Waals surface area contributed by atoms with Crippen molar-refractivity contribution >= 4 is 17.7 Å². The van der Waals surface area contributed by atoms with Gasteiger partial charge < -0.3 is 14.2 Å². The van der Waals surface area contributed by atoms with Gasteiger partial charge in [0, 0.05) is 5.56 Å². The average molecular weight is 404 g/mol. The maximum Gasteiger partial charge on any atom is 0.343 e. The number of hydrogen-bond acceptors (Lipinski definition) is 6. The molecule has 0 unspecified atom stereocenters. The van der Waals surface area contributed by atoms with Crippen LogP contribution in [0.2, 0.25) is 0 Å². The smallest absolute Gasteiger partial charge is 0.343 e. The fourth-order valence-corrected chi connectivity index (χ4v) is 2.64. The fraction of sp³-hybridized carbons (Fsp3) is 0.125. The Labute approximate surface area is 174 Å². The van der Waals surface area contributed by atoms with Crippen LogP contribution < -0.4 is 9.47 Å². The van der Waals surface area contributed by atoms with Crippen molar-refractivity contribution in [3.63, 3.8) is 0 Å². The van der Waals surface area contributed by atoms with Gasteiger partial charge in [-0.25, -0.2) is 4.79 Å². The minimum Gasteiger partial charge on any atom is -0.497 e. The lowest BCUT2D eigenvalue weighted by Crippen LogP contribution is -2.15. The van der Waals surface area contributed by atoms with Crippen LogP contribution in [0.1, 0.15) is 26.3 Å². The van der Waals surface area contributed by atoms with Crippen molar-refractivity contribution in [3.8, 4) is 11.5 Å². The van der Waals surface area contributed by atoms with E-state index in [1.807, 2.05) is 0 Å². The molecule has 152 valence electrons. The predicted molar refractivity (Wildman–Crippen MR) is 110 cm³/mol. The molecule has 0 amide bonds. The number of rotatable bonds is 8. The van der Waals surface area contributed by atoms with Gasteiger partial charge >= 0.3 is 11.9 Å². The lowest BCUT2D eigenvalue weighted by molar-refractivity contribution is -0.141. The number of benzene rings is 3. The largest absolute Gasteiger partial charge is 0.497 e. The van der Waals surface area contributed by atoms with Crippen LogP contribution in [0.25, 0.3) is 0 Å². The van der Waals surface area contributed by atoms with E-state index in [2.05, 4.69) is 0 Å². The van der Waals surface area contributed by atoms with Crippen molar-refractivity contribution in [2.24, 2.45) is 0 Å². The highest BCUT2D eigenvalue weighted by molar-refractivity contribution is 5.98. The number of carbonyl (C=O) groups excluding carboxylic acids is 3. The van der Waals surface area contributed by atoms with Crippen molar-refractivity contribution < 1.29 is 28.6 Å². The van der Waals surface area contributed by atoms with E-state index in [4.69, 9.17) is 14.2 Å². The zero-order valence-corrected chi connectivity index (χ0v) is 16.4. The number of hydrogen-bond donors (Lipinski definition) is 0. The molecule has 3 aromatic carbocycles. The lowest BCUT2D eigenvalue weighted by Gasteiger charge is -2.07. The molecule has 0 radical (unpaired) electrons. The second-order valence-electron chi connectivity index (χ2n) is 6.39. The van der Waals surface area contributed by atoms with Crippen LogP contribution in [0, 0.1) is 0 Å². The third-order valence-corrected chi connectivity index (χ3v) is 4.27. The van der Waals surface area contributed by atoms with E-state index in [1.165, 1.54) is 24.3 Å². The molecule has 0 bridgehead atoms. The Morgan fingerprint density at radius 1 is 0.733 bits per heavy atom. The van der Waals surface area contributed by atoms with Crippen LogP contribution in [-0.2, 0) is 16.0 Å². The second-order valence-corrected chi connectivity index (χ2v) is 6.39. The molecule has 6 heteroatoms. The van der Waals surface area contributed by atoms with Crippen LogP contribution in [0.3, 0.4) is 0 Å². The number of methoxy groups -OCH3 is 1. The number of Topliss-reactive ketones (excluding diaryl/α,β-unsaturated/α-hetero) is 1. The van der Waals surface area contributed by atoms with Gasteiger partial charge in [-0.15, -0.1) is 0 Å². The average Bonchev–Trinajstić information content (AvgIpc) is 2.79. The molecule has 0 fully saturated rings. The van der Waals surface area contributed by atoms with Crippen molar-refractivity contribution in [2.45, 2.75) is 6.42 Å². The third-order valence-electron chi connectivity index (χ3n) is 4.27. The minimum atomic E-state index is -0.498. The summed E-state index contributed by atoms with van der Waals surface area (Å²) in [6.07, 6.45) is 0.0612. The zero-order valence-electron chi connectivity index (χ0n) is 16.4. The minimum absolute atomic E-state index is 0.0612. The van der Waals surface area contributed by atoms with Crippen LogP contribution in [0.4, 0.5) is 0 Å². The monoisotopic (exact) mass is 404 g/mol. The molecular formula is C24H20O6. The molecule has 0 aliphatic heterocycles. The van der Waals surface area contributed by atoms with Crippen LogP contribution in [0.5, 0.6) is 11.5 Å². The summed E-state index contributed by atoms with van der Waals surface area (Å²) < 4.78 is 15.4. The highest BCUT2D eigenvalue weighted by atomic mass is 16.5. The quantitative estimate of drug-likeness (QED) is 0.322. The van der Waals surface area contributed by atoms with E-state index >= 15 is 0 Å². The normalized spacial score (nSPS) is 10.2. The second kappa shape index (κ2) is 10.0. The first-order valence-electron chi connectivity index (χ1n) is 9.24. The number of carbonyl (C=O) groups is 3. The topological polar surface area (TPSA) is 78.9 Å². The summed E-state index contributed by atoms with van der Waals surface area (Å²) >= 11 is 0. The maximum absolute atomic E-state index is 12.2. The highest BCUT2D eigenvalue weighted by Gasteiger charge is 2.12. The van der Waals surface area contributed by atoms with Crippen molar-refractivity contribution in [1.82, 2.24) is 0 Å². The van der Waals surface area contributed by atoms with Crippen LogP contribution in [-0.4, -0.2) is 31.4 Å². The molecule has 3 rings (SSSR count). The van der Waals surface area contributed by atoms with E-state index in [-0.39, 0.29) is 18.8 Å². The number of ether oxygens (including phenoxy) is 3. The van der Waals surface area contributed by atoms with E-state index in [1.54, 1.807) is 61.7 Å². The Hall–Kier alpha value is -3.93. The first kappa shape index (κ1) is 20.8. The highest BCUT2D eigenvalue weighted by Crippen LogP contribution is 2.15. The Morgan fingerprint density at radius 2 is 1.37 bits per heavy atom. The Kier molecular flexibility index (Phi) is 6.95. The Balaban J connectivity index is 1.49. The third kappa shape index (κ3) is 5.78. The van der Waals surface area contributed by atoms with Crippen molar-refractivity contribution in [3.05, 3.63) is 95.6 Å². The maximum atomic E-state index is 12.2. The standard InChI is InChI=1S/C24H20O6/c1-28-20-11-7-17(8-12-20)15-23(26)29-16-22(25)18-9-13-21(14-10-18)30-24(27)19-5-3-2-4-6-19/h2-14H,15-16H2,1H3. The summed E-state index contributed by atoms with van der Waals surface area (Å²) in [4.78, 5) is 36.2. The van der Waals surface area contributed by atoms with Crippen molar-refractivity contribution in [2.75, 3.05) is 13.7 Å². The van der Waals surface area contributed by atoms with Gasteiger partial charge in [-0.3, -0.25) is 9.59 Å². The molecule has 30 heavy (non-hydrogen) atoms. The SMILES string of the molecule is COc1ccc(CC(=O)OCC(=O)c2ccc(OC(=O)c3ccccc3)cc2)cc1. The van der Waals surface area contributed by atoms with Crippen LogP contribution in [0.15, 0.2) is 78.9 Å². The van der Waals surface area contributed by atoms with E-state index < -0.39 is 11.9 Å². The lowest BCUT2D eigenvalue weighted by atomic mass is 10.1. The molecule has 3 aromatic rings. The molecule has 0 spiro atoms. The molecule has 0 saturated heterocycles. The van der Waals surface area contributed by atoms with Gasteiger partial charge in [-0.05, 0) is 54.1 Å². The molecule has 6 nitrogen and oxygen atoms in total. The predicted octanol–water partition coefficient (Wildman–Crippen LogP) is 3.88. The van der Waals surface area contributed by atoms with Gasteiger partial charge in [0.05, 0.1) is 19.1 Å². The summed E-state index contributed by atoms with van der Waals surface area (Å²) in [5, 5.41) is 0. The molecular weight excluding hydrogens is 384 g/mol. The Morgan fingerprint density at radius 3 is 2.00 bits per heavy atom. The van der Waals surface area contributed by atoms with Gasteiger partial charge in [0.15, 0.2) is 12.4 Å². The molecule has 0 N–H and O–H groups in total. The number of esters is 2. The summed E-state index contributed by atoms with van der Waals surface area (Å²) in [6, 6.07) is 21.7. The molecule has 0 atom stereocenters. The first-order chi connectivity index (χ1) is 14.5. The molecule has 0 saturated carbocycles. The molecule has 0 heterocycles. The summed E-state index contributed by atoms with van der Waals surface area (Å²) in [7, 11) is 1.56. The van der Waals surface area contributed by atoms with Gasteiger partial charge in [-0.1, -0.05) is 30.3 Å². The molecule has 0 aromatic heterocycles. The summed E-state index contributed by atoms with van der Waals surface area (Å²) in [6.45, 7) is -0.363. The summed E-state index contributed by atoms with van der Waals surface area (Å²) in [5.41, 5.74) is 1.55. The van der Waals surface area contributed by atoms with E-state index in [0.29, 0.717) is 22.6 Å². The van der Waals surface area contributed by atoms with E-state index in [0.717, 1.165) is 5.56 Å². The van der Waals surface area contributed by atoms with E-state index in [9.17, 15) is 14.4 Å². The summed E-state index contributed by atoms with van der Waals surface area (Å²) in [5.74, 6) is -0.319. The van der Waals surface area contributed by atoms with Gasteiger partial charge in [0.2, 0.25) is 0 Å². The van der Waals surface area contributed by atoms with Gasteiger partial charge in [-0.2, -0.15) is 0 Å². The van der Waals surface area contributed by atoms with Gasteiger partial charge in [0.1, 0.15) is 11.5 Å². The van der Waals surface area contributed by atoms with Crippen molar-refractivity contribution in [1.29, 1.82) is 0 Å². The van der Waals surface area contributed by atoms with Crippen LogP contribution >= 0.6 is 0 Å².